The Labute approximate surface area is 173 Å². The summed E-state index contributed by atoms with van der Waals surface area (Å²) in [7, 11) is 1.32. The van der Waals surface area contributed by atoms with Crippen LogP contribution in [0, 0.1) is 11.3 Å². The van der Waals surface area contributed by atoms with E-state index >= 15 is 0 Å². The molecule has 1 aromatic heterocycles. The first-order chi connectivity index (χ1) is 14.1. The number of hydrogen-bond donors (Lipinski definition) is 1. The molecule has 1 aliphatic carbocycles. The number of carbonyl (C=O) groups excluding carboxylic acids is 2. The van der Waals surface area contributed by atoms with Crippen LogP contribution < -0.4 is 10.1 Å². The number of anilines is 1. The smallest absolute Gasteiger partial charge is 0.341 e. The van der Waals surface area contributed by atoms with E-state index in [1.54, 1.807) is 24.3 Å². The Morgan fingerprint density at radius 1 is 1.28 bits per heavy atom. The van der Waals surface area contributed by atoms with Gasteiger partial charge in [-0.1, -0.05) is 19.1 Å². The molecule has 1 aliphatic rings. The number of rotatable bonds is 7. The molecule has 1 amide bonds. The van der Waals surface area contributed by atoms with Gasteiger partial charge in [-0.05, 0) is 55.0 Å². The number of aryl methyl sites for hydroxylation is 1. The SMILES string of the molecule is CCCOc1ccc(C=C(C#N)C(=O)Nc2sc3c(c2C(=O)OC)CCC3)cc1. The standard InChI is InChI=1S/C22H22N2O4S/c1-3-11-28-16-9-7-14(8-10-16)12-15(13-23)20(25)24-21-19(22(26)27-2)17-5-4-6-18(17)29-21/h7-10,12H,3-6,11H2,1-2H3,(H,24,25). The van der Waals surface area contributed by atoms with Crippen molar-refractivity contribution in [3.8, 4) is 11.8 Å². The summed E-state index contributed by atoms with van der Waals surface area (Å²) in [5.74, 6) is -0.281. The highest BCUT2D eigenvalue weighted by Crippen LogP contribution is 2.39. The third kappa shape index (κ3) is 4.66. The molecular formula is C22H22N2O4S. The maximum Gasteiger partial charge on any atom is 0.341 e. The molecule has 0 spiro atoms. The molecule has 0 fully saturated rings. The van der Waals surface area contributed by atoms with E-state index < -0.39 is 11.9 Å². The van der Waals surface area contributed by atoms with E-state index in [2.05, 4.69) is 5.32 Å². The summed E-state index contributed by atoms with van der Waals surface area (Å²) in [5.41, 5.74) is 2.02. The lowest BCUT2D eigenvalue weighted by molar-refractivity contribution is -0.112. The average Bonchev–Trinajstić information content (AvgIpc) is 3.31. The van der Waals surface area contributed by atoms with Gasteiger partial charge in [0.25, 0.3) is 5.91 Å². The third-order valence-electron chi connectivity index (χ3n) is 4.57. The Bertz CT molecular complexity index is 983. The third-order valence-corrected chi connectivity index (χ3v) is 5.77. The predicted molar refractivity (Wildman–Crippen MR) is 112 cm³/mol. The van der Waals surface area contributed by atoms with Crippen LogP contribution in [0.2, 0.25) is 0 Å². The van der Waals surface area contributed by atoms with Crippen molar-refractivity contribution >= 4 is 34.3 Å². The molecule has 6 nitrogen and oxygen atoms in total. The van der Waals surface area contributed by atoms with Gasteiger partial charge in [0, 0.05) is 4.88 Å². The van der Waals surface area contributed by atoms with Crippen LogP contribution in [0.1, 0.15) is 46.1 Å². The minimum atomic E-state index is -0.552. The normalized spacial score (nSPS) is 12.8. The first-order valence-corrected chi connectivity index (χ1v) is 10.3. The highest BCUT2D eigenvalue weighted by Gasteiger charge is 2.28. The van der Waals surface area contributed by atoms with Crippen molar-refractivity contribution in [1.82, 2.24) is 0 Å². The number of nitriles is 1. The van der Waals surface area contributed by atoms with Crippen molar-refractivity contribution in [3.63, 3.8) is 0 Å². The summed E-state index contributed by atoms with van der Waals surface area (Å²) in [6.07, 6.45) is 5.09. The van der Waals surface area contributed by atoms with Gasteiger partial charge in [-0.25, -0.2) is 4.79 Å². The zero-order chi connectivity index (χ0) is 20.8. The van der Waals surface area contributed by atoms with Crippen molar-refractivity contribution in [2.24, 2.45) is 0 Å². The van der Waals surface area contributed by atoms with Crippen molar-refractivity contribution in [3.05, 3.63) is 51.4 Å². The number of benzene rings is 1. The summed E-state index contributed by atoms with van der Waals surface area (Å²) in [4.78, 5) is 26.0. The van der Waals surface area contributed by atoms with E-state index in [0.717, 1.165) is 41.9 Å². The van der Waals surface area contributed by atoms with Gasteiger partial charge in [-0.2, -0.15) is 5.26 Å². The quantitative estimate of drug-likeness (QED) is 0.416. The Morgan fingerprint density at radius 3 is 2.69 bits per heavy atom. The van der Waals surface area contributed by atoms with E-state index in [-0.39, 0.29) is 5.57 Å². The molecule has 1 aromatic carbocycles. The summed E-state index contributed by atoms with van der Waals surface area (Å²) in [6.45, 7) is 2.66. The number of hydrogen-bond acceptors (Lipinski definition) is 6. The fourth-order valence-electron chi connectivity index (χ4n) is 3.18. The molecule has 0 saturated carbocycles. The lowest BCUT2D eigenvalue weighted by Crippen LogP contribution is -2.15. The van der Waals surface area contributed by atoms with Crippen molar-refractivity contribution in [1.29, 1.82) is 5.26 Å². The van der Waals surface area contributed by atoms with Crippen LogP contribution in [0.3, 0.4) is 0 Å². The number of thiophene rings is 1. The molecule has 0 radical (unpaired) electrons. The van der Waals surface area contributed by atoms with Gasteiger partial charge in [0.05, 0.1) is 19.3 Å². The number of nitrogens with one attached hydrogen (secondary N) is 1. The maximum absolute atomic E-state index is 12.7. The molecule has 1 heterocycles. The van der Waals surface area contributed by atoms with Crippen LogP contribution in [0.15, 0.2) is 29.8 Å². The number of methoxy groups -OCH3 is 1. The average molecular weight is 410 g/mol. The van der Waals surface area contributed by atoms with E-state index in [4.69, 9.17) is 9.47 Å². The van der Waals surface area contributed by atoms with Crippen molar-refractivity contribution in [2.75, 3.05) is 19.0 Å². The van der Waals surface area contributed by atoms with Gasteiger partial charge in [0.15, 0.2) is 0 Å². The zero-order valence-electron chi connectivity index (χ0n) is 16.4. The summed E-state index contributed by atoms with van der Waals surface area (Å²) < 4.78 is 10.4. The highest BCUT2D eigenvalue weighted by atomic mass is 32.1. The van der Waals surface area contributed by atoms with Crippen molar-refractivity contribution < 1.29 is 19.1 Å². The number of nitrogens with zero attached hydrogens (tertiary/aromatic N) is 1. The minimum Gasteiger partial charge on any atom is -0.494 e. The van der Waals surface area contributed by atoms with E-state index in [1.807, 2.05) is 13.0 Å². The van der Waals surface area contributed by atoms with Gasteiger partial charge in [-0.3, -0.25) is 4.79 Å². The molecule has 0 aliphatic heterocycles. The molecule has 0 saturated heterocycles. The second kappa shape index (κ2) is 9.39. The second-order valence-corrected chi connectivity index (χ2v) is 7.70. The molecule has 7 heteroatoms. The number of ether oxygens (including phenoxy) is 2. The number of esters is 1. The Balaban J connectivity index is 1.80. The molecule has 0 bridgehead atoms. The predicted octanol–water partition coefficient (Wildman–Crippen LogP) is 4.36. The Hall–Kier alpha value is -3.11. The van der Waals surface area contributed by atoms with E-state index in [0.29, 0.717) is 22.7 Å². The fourth-order valence-corrected chi connectivity index (χ4v) is 4.45. The molecular weight excluding hydrogens is 388 g/mol. The molecule has 29 heavy (non-hydrogen) atoms. The van der Waals surface area contributed by atoms with Gasteiger partial charge in [0.2, 0.25) is 0 Å². The zero-order valence-corrected chi connectivity index (χ0v) is 17.2. The van der Waals surface area contributed by atoms with Gasteiger partial charge in [-0.15, -0.1) is 11.3 Å². The second-order valence-electron chi connectivity index (χ2n) is 6.59. The van der Waals surface area contributed by atoms with Crippen molar-refractivity contribution in [2.45, 2.75) is 32.6 Å². The molecule has 0 unspecified atom stereocenters. The molecule has 150 valence electrons. The van der Waals surface area contributed by atoms with Crippen LogP contribution in [0.5, 0.6) is 5.75 Å². The summed E-state index contributed by atoms with van der Waals surface area (Å²) in [6, 6.07) is 9.11. The van der Waals surface area contributed by atoms with Gasteiger partial charge < -0.3 is 14.8 Å². The van der Waals surface area contributed by atoms with Crippen LogP contribution in [0.25, 0.3) is 6.08 Å². The minimum absolute atomic E-state index is 0.0448. The van der Waals surface area contributed by atoms with E-state index in [1.165, 1.54) is 24.5 Å². The monoisotopic (exact) mass is 410 g/mol. The molecule has 1 N–H and O–H groups in total. The molecule has 0 atom stereocenters. The maximum atomic E-state index is 12.7. The van der Waals surface area contributed by atoms with Gasteiger partial charge in [0.1, 0.15) is 22.4 Å². The Kier molecular flexibility index (Phi) is 6.68. The lowest BCUT2D eigenvalue weighted by Gasteiger charge is -2.07. The van der Waals surface area contributed by atoms with Crippen LogP contribution in [-0.4, -0.2) is 25.6 Å². The van der Waals surface area contributed by atoms with Crippen LogP contribution in [-0.2, 0) is 22.4 Å². The van der Waals surface area contributed by atoms with E-state index in [9.17, 15) is 14.9 Å². The summed E-state index contributed by atoms with van der Waals surface area (Å²) in [5, 5.41) is 12.6. The highest BCUT2D eigenvalue weighted by molar-refractivity contribution is 7.17. The van der Waals surface area contributed by atoms with Crippen LogP contribution >= 0.6 is 11.3 Å². The lowest BCUT2D eigenvalue weighted by atomic mass is 10.1. The van der Waals surface area contributed by atoms with Gasteiger partial charge >= 0.3 is 5.97 Å². The fraction of sp³-hybridized carbons (Fsp3) is 0.318. The number of fused-ring (bicyclic) bond motifs is 1. The number of carbonyl (C=O) groups is 2. The Morgan fingerprint density at radius 2 is 2.03 bits per heavy atom. The summed E-state index contributed by atoms with van der Waals surface area (Å²) >= 11 is 1.38. The first-order valence-electron chi connectivity index (χ1n) is 9.46. The molecule has 2 aromatic rings. The first kappa shape index (κ1) is 20.6. The topological polar surface area (TPSA) is 88.4 Å². The number of amides is 1. The van der Waals surface area contributed by atoms with Crippen LogP contribution in [0.4, 0.5) is 5.00 Å². The molecule has 3 rings (SSSR count). The largest absolute Gasteiger partial charge is 0.494 e.